The number of aliphatic hydroxyl groups is 1. The zero-order valence-corrected chi connectivity index (χ0v) is 7.60. The van der Waals surface area contributed by atoms with E-state index in [0.29, 0.717) is 0 Å². The Kier molecular flexibility index (Phi) is 4.48. The number of rotatable bonds is 1. The van der Waals surface area contributed by atoms with Gasteiger partial charge in [-0.05, 0) is 18.4 Å². The van der Waals surface area contributed by atoms with Gasteiger partial charge in [-0.3, -0.25) is 0 Å². The summed E-state index contributed by atoms with van der Waals surface area (Å²) in [5, 5.41) is 10.9. The first kappa shape index (κ1) is 9.43. The Labute approximate surface area is 77.8 Å². The molecule has 0 bridgehead atoms. The maximum Gasteiger partial charge on any atom is 2.00 e. The molecule has 48 valence electrons. The molecule has 0 amide bonds. The molecule has 0 aliphatic carbocycles. The zero-order chi connectivity index (χ0) is 5.98. The first-order valence-corrected chi connectivity index (χ1v) is 3.40. The predicted octanol–water partition coefficient (Wildman–Crippen LogP) is 1.65. The van der Waals surface area contributed by atoms with Crippen LogP contribution in [0.5, 0.6) is 0 Å². The standard InChI is InChI=1S/C6H8OS.Mg.2H/c1-5(7)6-3-2-4-8-6;;;/h2-5,7H,1H3;;;/q;+2;2*-1. The summed E-state index contributed by atoms with van der Waals surface area (Å²) in [6.07, 6.45) is -0.296. The van der Waals surface area contributed by atoms with Crippen molar-refractivity contribution in [1.29, 1.82) is 0 Å². The van der Waals surface area contributed by atoms with Gasteiger partial charge in [0, 0.05) is 4.88 Å². The van der Waals surface area contributed by atoms with E-state index in [0.717, 1.165) is 4.88 Å². The van der Waals surface area contributed by atoms with Crippen molar-refractivity contribution >= 4 is 34.4 Å². The fourth-order valence-electron chi connectivity index (χ4n) is 0.529. The van der Waals surface area contributed by atoms with Gasteiger partial charge >= 0.3 is 23.1 Å². The van der Waals surface area contributed by atoms with Crippen LogP contribution in [0.3, 0.4) is 0 Å². The molecule has 1 unspecified atom stereocenters. The quantitative estimate of drug-likeness (QED) is 0.610. The minimum atomic E-state index is -0.296. The Hall–Kier alpha value is 0.426. The van der Waals surface area contributed by atoms with E-state index in [-0.39, 0.29) is 32.0 Å². The van der Waals surface area contributed by atoms with Crippen LogP contribution < -0.4 is 0 Å². The van der Waals surface area contributed by atoms with Gasteiger partial charge in [0.25, 0.3) is 0 Å². The molecule has 1 heterocycles. The number of hydrogen-bond donors (Lipinski definition) is 1. The van der Waals surface area contributed by atoms with Crippen LogP contribution in [-0.4, -0.2) is 28.2 Å². The zero-order valence-electron chi connectivity index (χ0n) is 7.37. The van der Waals surface area contributed by atoms with E-state index >= 15 is 0 Å². The van der Waals surface area contributed by atoms with Gasteiger partial charge in [-0.1, -0.05) is 6.07 Å². The predicted molar refractivity (Wildman–Crippen MR) is 42.9 cm³/mol. The molecule has 0 aromatic carbocycles. The Balaban J connectivity index is -0.000000213. The fourth-order valence-corrected chi connectivity index (χ4v) is 1.20. The average molecular weight is 155 g/mol. The number of thiophene rings is 1. The van der Waals surface area contributed by atoms with Gasteiger partial charge < -0.3 is 7.96 Å². The van der Waals surface area contributed by atoms with E-state index in [1.807, 2.05) is 17.5 Å². The van der Waals surface area contributed by atoms with Crippen LogP contribution in [0.1, 0.15) is 20.8 Å². The molecule has 1 aromatic heterocycles. The second-order valence-electron chi connectivity index (χ2n) is 1.69. The van der Waals surface area contributed by atoms with Gasteiger partial charge in [0.2, 0.25) is 0 Å². The smallest absolute Gasteiger partial charge is 1.00 e. The molecule has 0 radical (unpaired) electrons. The van der Waals surface area contributed by atoms with Crippen LogP contribution in [0.15, 0.2) is 17.5 Å². The van der Waals surface area contributed by atoms with E-state index in [9.17, 15) is 0 Å². The summed E-state index contributed by atoms with van der Waals surface area (Å²) in [4.78, 5) is 1.03. The Bertz CT molecular complexity index is 156. The van der Waals surface area contributed by atoms with Crippen LogP contribution in [0.4, 0.5) is 0 Å². The minimum absolute atomic E-state index is 0. The molecule has 1 rings (SSSR count). The SMILES string of the molecule is CC(O)c1cccs1.[H-].[H-].[Mg+2]. The Morgan fingerprint density at radius 1 is 1.78 bits per heavy atom. The third-order valence-electron chi connectivity index (χ3n) is 0.955. The molecule has 0 aliphatic heterocycles. The molecule has 0 fully saturated rings. The monoisotopic (exact) mass is 154 g/mol. The summed E-state index contributed by atoms with van der Waals surface area (Å²) in [5.41, 5.74) is 0. The third kappa shape index (κ3) is 2.67. The Morgan fingerprint density at radius 2 is 2.44 bits per heavy atom. The molecule has 0 saturated heterocycles. The van der Waals surface area contributed by atoms with Crippen LogP contribution in [0, 0.1) is 0 Å². The normalized spacial score (nSPS) is 12.2. The number of hydrogen-bond acceptors (Lipinski definition) is 2. The van der Waals surface area contributed by atoms with Crippen molar-refractivity contribution in [3.63, 3.8) is 0 Å². The fraction of sp³-hybridized carbons (Fsp3) is 0.333. The van der Waals surface area contributed by atoms with Gasteiger partial charge in [-0.15, -0.1) is 11.3 Å². The molecule has 0 aliphatic rings. The van der Waals surface area contributed by atoms with Crippen molar-refractivity contribution in [3.05, 3.63) is 22.4 Å². The van der Waals surface area contributed by atoms with Crippen molar-refractivity contribution in [2.75, 3.05) is 0 Å². The average Bonchev–Trinajstić information content (AvgIpc) is 2.12. The van der Waals surface area contributed by atoms with Gasteiger partial charge in [0.1, 0.15) is 0 Å². The molecule has 9 heavy (non-hydrogen) atoms. The molecule has 1 nitrogen and oxygen atoms in total. The molecule has 1 aromatic rings. The maximum atomic E-state index is 8.92. The van der Waals surface area contributed by atoms with Crippen LogP contribution in [0.25, 0.3) is 0 Å². The molecule has 0 spiro atoms. The third-order valence-corrected chi connectivity index (χ3v) is 2.00. The molecular weight excluding hydrogens is 144 g/mol. The molecular formula is C6H10MgOS. The first-order chi connectivity index (χ1) is 3.80. The van der Waals surface area contributed by atoms with E-state index in [1.165, 1.54) is 0 Å². The van der Waals surface area contributed by atoms with E-state index < -0.39 is 0 Å². The summed E-state index contributed by atoms with van der Waals surface area (Å²) >= 11 is 1.58. The van der Waals surface area contributed by atoms with Gasteiger partial charge in [0.05, 0.1) is 6.10 Å². The summed E-state index contributed by atoms with van der Waals surface area (Å²) < 4.78 is 0. The maximum absolute atomic E-state index is 8.92. The van der Waals surface area contributed by atoms with E-state index in [4.69, 9.17) is 5.11 Å². The summed E-state index contributed by atoms with van der Waals surface area (Å²) in [6.45, 7) is 1.77. The molecule has 1 N–H and O–H groups in total. The Morgan fingerprint density at radius 3 is 2.67 bits per heavy atom. The van der Waals surface area contributed by atoms with Crippen molar-refractivity contribution in [2.24, 2.45) is 0 Å². The van der Waals surface area contributed by atoms with E-state index in [2.05, 4.69) is 0 Å². The van der Waals surface area contributed by atoms with E-state index in [1.54, 1.807) is 18.3 Å². The minimum Gasteiger partial charge on any atom is -1.00 e. The van der Waals surface area contributed by atoms with Crippen LogP contribution >= 0.6 is 11.3 Å². The van der Waals surface area contributed by atoms with Crippen molar-refractivity contribution in [3.8, 4) is 0 Å². The van der Waals surface area contributed by atoms with Crippen molar-refractivity contribution < 1.29 is 7.96 Å². The summed E-state index contributed by atoms with van der Waals surface area (Å²) in [7, 11) is 0. The van der Waals surface area contributed by atoms with Crippen LogP contribution in [-0.2, 0) is 0 Å². The summed E-state index contributed by atoms with van der Waals surface area (Å²) in [6, 6.07) is 3.86. The number of aliphatic hydroxyl groups excluding tert-OH is 1. The molecule has 3 heteroatoms. The van der Waals surface area contributed by atoms with Crippen molar-refractivity contribution in [1.82, 2.24) is 0 Å². The first-order valence-electron chi connectivity index (χ1n) is 2.52. The van der Waals surface area contributed by atoms with Gasteiger partial charge in [-0.2, -0.15) is 0 Å². The molecule has 1 atom stereocenters. The van der Waals surface area contributed by atoms with Crippen LogP contribution in [0.2, 0.25) is 0 Å². The second-order valence-corrected chi connectivity index (χ2v) is 2.67. The largest absolute Gasteiger partial charge is 2.00 e. The second kappa shape index (κ2) is 4.27. The van der Waals surface area contributed by atoms with Gasteiger partial charge in [-0.25, -0.2) is 0 Å². The summed E-state index contributed by atoms with van der Waals surface area (Å²) in [5.74, 6) is 0. The van der Waals surface area contributed by atoms with Crippen molar-refractivity contribution in [2.45, 2.75) is 13.0 Å². The molecule has 0 saturated carbocycles. The topological polar surface area (TPSA) is 20.2 Å². The van der Waals surface area contributed by atoms with Gasteiger partial charge in [0.15, 0.2) is 0 Å².